The second-order valence-electron chi connectivity index (χ2n) is 10.00. The van der Waals surface area contributed by atoms with Gasteiger partial charge in [0.25, 0.3) is 10.0 Å². The summed E-state index contributed by atoms with van der Waals surface area (Å²) >= 11 is 0. The Balaban J connectivity index is 1.54. The number of piperidine rings is 1. The topological polar surface area (TPSA) is 132 Å². The van der Waals surface area contributed by atoms with Crippen molar-refractivity contribution < 1.29 is 21.6 Å². The van der Waals surface area contributed by atoms with Gasteiger partial charge < -0.3 is 5.73 Å². The summed E-state index contributed by atoms with van der Waals surface area (Å²) in [6.45, 7) is 3.45. The van der Waals surface area contributed by atoms with Gasteiger partial charge in [0.15, 0.2) is 11.4 Å². The molecule has 2 aromatic heterocycles. The van der Waals surface area contributed by atoms with Crippen molar-refractivity contribution in [3.63, 3.8) is 0 Å². The fourth-order valence-electron chi connectivity index (χ4n) is 5.21. The van der Waals surface area contributed by atoms with Gasteiger partial charge in [-0.05, 0) is 62.2 Å². The van der Waals surface area contributed by atoms with Crippen LogP contribution in [-0.2, 0) is 26.4 Å². The van der Waals surface area contributed by atoms with Crippen LogP contribution in [0.15, 0.2) is 71.8 Å². The van der Waals surface area contributed by atoms with Gasteiger partial charge in [0, 0.05) is 18.2 Å². The maximum atomic E-state index is 13.9. The number of rotatable bonds is 7. The molecule has 39 heavy (non-hydrogen) atoms. The molecule has 0 bridgehead atoms. The number of sulfone groups is 1. The minimum absolute atomic E-state index is 0.0980. The average Bonchev–Trinajstić information content (AvgIpc) is 3.29. The zero-order valence-electron chi connectivity index (χ0n) is 21.7. The molecule has 0 radical (unpaired) electrons. The quantitative estimate of drug-likeness (QED) is 0.335. The number of ketones is 1. The number of nitrogen functional groups attached to an aromatic ring is 1. The number of Topliss-reactive ketones (excluding diaryl/α,β-unsaturated/α-hetero) is 1. The summed E-state index contributed by atoms with van der Waals surface area (Å²) in [6.07, 6.45) is 3.84. The van der Waals surface area contributed by atoms with Crippen LogP contribution in [0, 0.1) is 0 Å². The molecule has 1 fully saturated rings. The van der Waals surface area contributed by atoms with Crippen LogP contribution in [0.4, 0.5) is 5.69 Å². The normalized spacial score (nSPS) is 15.5. The third-order valence-electron chi connectivity index (χ3n) is 7.25. The maximum Gasteiger partial charge on any atom is 0.269 e. The fraction of sp³-hybridized carbons (Fsp3) is 0.286. The maximum absolute atomic E-state index is 13.9. The van der Waals surface area contributed by atoms with E-state index in [1.807, 2.05) is 24.3 Å². The predicted molar refractivity (Wildman–Crippen MR) is 152 cm³/mol. The highest BCUT2D eigenvalue weighted by Crippen LogP contribution is 2.35. The number of benzene rings is 2. The van der Waals surface area contributed by atoms with Gasteiger partial charge in [-0.2, -0.15) is 0 Å². The molecular formula is C28H30N4O5S2. The zero-order chi connectivity index (χ0) is 27.9. The van der Waals surface area contributed by atoms with Crippen LogP contribution in [0.1, 0.15) is 35.7 Å². The highest BCUT2D eigenvalue weighted by molar-refractivity contribution is 7.91. The molecule has 204 valence electrons. The Bertz CT molecular complexity index is 1760. The van der Waals surface area contributed by atoms with Crippen molar-refractivity contribution in [2.75, 3.05) is 25.1 Å². The lowest BCUT2D eigenvalue weighted by Crippen LogP contribution is -2.38. The number of nitrogens with two attached hydrogens (primary N) is 1. The molecule has 9 nitrogen and oxygen atoms in total. The monoisotopic (exact) mass is 566 g/mol. The molecule has 1 saturated heterocycles. The lowest BCUT2D eigenvalue weighted by molar-refractivity contribution is 0.102. The number of pyridine rings is 1. The van der Waals surface area contributed by atoms with Crippen molar-refractivity contribution in [2.24, 2.45) is 0 Å². The van der Waals surface area contributed by atoms with E-state index >= 15 is 0 Å². The Hall–Kier alpha value is -3.54. The summed E-state index contributed by atoms with van der Waals surface area (Å²) in [5.74, 6) is -0.282. The Kier molecular flexibility index (Phi) is 7.08. The third kappa shape index (κ3) is 5.21. The summed E-state index contributed by atoms with van der Waals surface area (Å²) in [5.41, 5.74) is 8.65. The van der Waals surface area contributed by atoms with Crippen molar-refractivity contribution in [2.45, 2.75) is 36.5 Å². The van der Waals surface area contributed by atoms with E-state index in [0.717, 1.165) is 5.56 Å². The molecule has 3 heterocycles. The van der Waals surface area contributed by atoms with Gasteiger partial charge in [0.2, 0.25) is 0 Å². The van der Waals surface area contributed by atoms with E-state index in [1.165, 1.54) is 35.5 Å². The fourth-order valence-corrected chi connectivity index (χ4v) is 7.78. The summed E-state index contributed by atoms with van der Waals surface area (Å²) in [7, 11) is -7.09. The number of carbonyl (C=O) groups excluding carboxylic acids is 1. The van der Waals surface area contributed by atoms with Crippen molar-refractivity contribution in [3.05, 3.63) is 78.0 Å². The summed E-state index contributed by atoms with van der Waals surface area (Å²) in [5, 5.41) is 0.0852. The van der Waals surface area contributed by atoms with E-state index in [4.69, 9.17) is 5.73 Å². The van der Waals surface area contributed by atoms with Crippen molar-refractivity contribution in [1.29, 1.82) is 0 Å². The molecule has 0 saturated carbocycles. The van der Waals surface area contributed by atoms with Crippen LogP contribution >= 0.6 is 0 Å². The van der Waals surface area contributed by atoms with Gasteiger partial charge in [-0.25, -0.2) is 25.8 Å². The molecule has 0 amide bonds. The molecule has 0 unspecified atom stereocenters. The third-order valence-corrected chi connectivity index (χ3v) is 10.6. The van der Waals surface area contributed by atoms with Crippen LogP contribution in [0.2, 0.25) is 0 Å². The second kappa shape index (κ2) is 10.2. The lowest BCUT2D eigenvalue weighted by atomic mass is 10.1. The Morgan fingerprint density at radius 1 is 1.00 bits per heavy atom. The zero-order valence-corrected chi connectivity index (χ0v) is 23.4. The molecule has 5 rings (SSSR count). The van der Waals surface area contributed by atoms with Crippen molar-refractivity contribution in [1.82, 2.24) is 13.9 Å². The van der Waals surface area contributed by atoms with Crippen molar-refractivity contribution >= 4 is 42.4 Å². The van der Waals surface area contributed by atoms with E-state index in [9.17, 15) is 21.6 Å². The molecule has 11 heteroatoms. The summed E-state index contributed by atoms with van der Waals surface area (Å²) in [4.78, 5) is 19.1. The number of carbonyl (C=O) groups is 1. The van der Waals surface area contributed by atoms with Crippen LogP contribution in [0.3, 0.4) is 0 Å². The first-order valence-corrected chi connectivity index (χ1v) is 16.0. The van der Waals surface area contributed by atoms with Crippen LogP contribution in [0.5, 0.6) is 0 Å². The van der Waals surface area contributed by atoms with Crippen LogP contribution < -0.4 is 5.73 Å². The SMILES string of the molecule is CC(=O)c1c(N)cnc2c1cc(-c1ccc(CN3CCC(S(C)(=O)=O)CC3)cc1)n2S(=O)(=O)c1ccccc1. The van der Waals surface area contributed by atoms with E-state index in [1.54, 1.807) is 24.3 Å². The highest BCUT2D eigenvalue weighted by Gasteiger charge is 2.28. The second-order valence-corrected chi connectivity index (χ2v) is 14.1. The average molecular weight is 567 g/mol. The predicted octanol–water partition coefficient (Wildman–Crippen LogP) is 3.73. The lowest BCUT2D eigenvalue weighted by Gasteiger charge is -2.31. The minimum Gasteiger partial charge on any atom is -0.397 e. The first-order chi connectivity index (χ1) is 18.5. The van der Waals surface area contributed by atoms with Crippen LogP contribution in [-0.4, -0.2) is 61.1 Å². The van der Waals surface area contributed by atoms with Crippen LogP contribution in [0.25, 0.3) is 22.3 Å². The first kappa shape index (κ1) is 27.0. The number of fused-ring (bicyclic) bond motifs is 1. The number of likely N-dealkylation sites (tertiary alicyclic amines) is 1. The minimum atomic E-state index is -4.06. The smallest absolute Gasteiger partial charge is 0.269 e. The molecule has 1 aliphatic rings. The number of nitrogens with zero attached hydrogens (tertiary/aromatic N) is 3. The molecule has 0 atom stereocenters. The van der Waals surface area contributed by atoms with Gasteiger partial charge in [-0.15, -0.1) is 0 Å². The van der Waals surface area contributed by atoms with E-state index < -0.39 is 19.9 Å². The molecular weight excluding hydrogens is 536 g/mol. The van der Waals surface area contributed by atoms with Crippen molar-refractivity contribution in [3.8, 4) is 11.3 Å². The van der Waals surface area contributed by atoms with E-state index in [2.05, 4.69) is 9.88 Å². The van der Waals surface area contributed by atoms with Gasteiger partial charge in [-0.1, -0.05) is 42.5 Å². The number of aromatic nitrogens is 2. The number of hydrogen-bond donors (Lipinski definition) is 1. The Morgan fingerprint density at radius 3 is 2.23 bits per heavy atom. The van der Waals surface area contributed by atoms with E-state index in [-0.39, 0.29) is 32.8 Å². The molecule has 1 aliphatic heterocycles. The standard InChI is InChI=1S/C28H30N4O5S2/c1-19(33)27-24-16-26(32(28(24)30-17-25(27)29)39(36,37)23-6-4-3-5-7-23)21-10-8-20(9-11-21)18-31-14-12-22(13-15-31)38(2,34)35/h3-11,16-17,22H,12-15,18,29H2,1-2H3. The molecule has 2 aromatic carbocycles. The Labute approximate surface area is 228 Å². The first-order valence-electron chi connectivity index (χ1n) is 12.6. The number of anilines is 1. The highest BCUT2D eigenvalue weighted by atomic mass is 32.2. The molecule has 4 aromatic rings. The molecule has 0 aliphatic carbocycles. The summed E-state index contributed by atoms with van der Waals surface area (Å²) in [6, 6.07) is 17.3. The van der Waals surface area contributed by atoms with Gasteiger partial charge in [0.1, 0.15) is 9.84 Å². The molecule has 2 N–H and O–H groups in total. The van der Waals surface area contributed by atoms with E-state index in [0.29, 0.717) is 49.1 Å². The number of hydrogen-bond acceptors (Lipinski definition) is 8. The summed E-state index contributed by atoms with van der Waals surface area (Å²) < 4.78 is 52.6. The van der Waals surface area contributed by atoms with Gasteiger partial charge >= 0.3 is 0 Å². The largest absolute Gasteiger partial charge is 0.397 e. The van der Waals surface area contributed by atoms with Gasteiger partial charge in [0.05, 0.1) is 33.3 Å². The molecule has 0 spiro atoms. The van der Waals surface area contributed by atoms with Gasteiger partial charge in [-0.3, -0.25) is 9.69 Å². The Morgan fingerprint density at radius 2 is 1.64 bits per heavy atom.